The van der Waals surface area contributed by atoms with Crippen molar-refractivity contribution in [1.82, 2.24) is 14.9 Å². The Bertz CT molecular complexity index is 1500. The fourth-order valence-corrected chi connectivity index (χ4v) is 3.97. The first-order valence-corrected chi connectivity index (χ1v) is 10.7. The largest absolute Gasteiger partial charge is 0.497 e. The van der Waals surface area contributed by atoms with Crippen LogP contribution in [-0.4, -0.2) is 34.2 Å². The standard InChI is InChI=1S/C24H22N4O4S/c1-14(29)25-12-11-18-17-5-3-4-6-20(17)26-21(18)13-19-22(30)27-24(33)28(23(19)31)15-7-9-16(32-2)10-8-15/h3-10,13,31H,11-12H2,1-2H3,(H,25,29)(H,27,30,33). The average molecular weight is 463 g/mol. The second-order valence-corrected chi connectivity index (χ2v) is 7.79. The van der Waals surface area contributed by atoms with E-state index in [1.807, 2.05) is 24.3 Å². The van der Waals surface area contributed by atoms with Gasteiger partial charge in [0.2, 0.25) is 11.8 Å². The molecule has 2 aromatic carbocycles. The van der Waals surface area contributed by atoms with Crippen LogP contribution in [0.5, 0.6) is 11.6 Å². The smallest absolute Gasteiger partial charge is 0.262 e. The molecule has 2 heterocycles. The fraction of sp³-hybridized carbons (Fsp3) is 0.167. The summed E-state index contributed by atoms with van der Waals surface area (Å²) in [6, 6.07) is 14.5. The Labute approximate surface area is 194 Å². The minimum absolute atomic E-state index is 0.0306. The number of aromatic nitrogens is 2. The highest BCUT2D eigenvalue weighted by atomic mass is 32.1. The van der Waals surface area contributed by atoms with Gasteiger partial charge in [-0.3, -0.25) is 19.1 Å². The molecule has 3 aromatic rings. The van der Waals surface area contributed by atoms with E-state index in [9.17, 15) is 14.7 Å². The van der Waals surface area contributed by atoms with Gasteiger partial charge in [-0.05, 0) is 60.6 Å². The van der Waals surface area contributed by atoms with Crippen LogP contribution in [0.3, 0.4) is 0 Å². The number of nitrogens with zero attached hydrogens (tertiary/aromatic N) is 2. The number of carbonyl (C=O) groups is 1. The van der Waals surface area contributed by atoms with Crippen molar-refractivity contribution < 1.29 is 14.6 Å². The van der Waals surface area contributed by atoms with Crippen molar-refractivity contribution in [3.05, 3.63) is 85.5 Å². The summed E-state index contributed by atoms with van der Waals surface area (Å²) >= 11 is 5.30. The maximum absolute atomic E-state index is 12.7. The van der Waals surface area contributed by atoms with Gasteiger partial charge >= 0.3 is 0 Å². The van der Waals surface area contributed by atoms with Gasteiger partial charge in [-0.15, -0.1) is 0 Å². The number of methoxy groups -OCH3 is 1. The van der Waals surface area contributed by atoms with Crippen LogP contribution in [0.2, 0.25) is 0 Å². The van der Waals surface area contributed by atoms with E-state index in [1.54, 1.807) is 37.5 Å². The Morgan fingerprint density at radius 2 is 1.97 bits per heavy atom. The Morgan fingerprint density at radius 3 is 2.67 bits per heavy atom. The average Bonchev–Trinajstić information content (AvgIpc) is 3.14. The normalized spacial score (nSPS) is 13.5. The molecule has 168 valence electrons. The minimum atomic E-state index is -0.526. The van der Waals surface area contributed by atoms with Gasteiger partial charge in [-0.25, -0.2) is 4.99 Å². The minimum Gasteiger partial charge on any atom is -0.497 e. The van der Waals surface area contributed by atoms with Crippen LogP contribution < -0.4 is 26.2 Å². The zero-order valence-electron chi connectivity index (χ0n) is 18.1. The van der Waals surface area contributed by atoms with Gasteiger partial charge in [0.25, 0.3) is 5.56 Å². The van der Waals surface area contributed by atoms with Crippen LogP contribution in [0.4, 0.5) is 0 Å². The third-order valence-corrected chi connectivity index (χ3v) is 5.55. The maximum atomic E-state index is 12.7. The fourth-order valence-electron chi connectivity index (χ4n) is 3.68. The van der Waals surface area contributed by atoms with E-state index >= 15 is 0 Å². The lowest BCUT2D eigenvalue weighted by Gasteiger charge is -2.12. The first-order chi connectivity index (χ1) is 15.9. The van der Waals surface area contributed by atoms with Crippen LogP contribution in [0.15, 0.2) is 64.0 Å². The predicted octanol–water partition coefficient (Wildman–Crippen LogP) is 1.96. The van der Waals surface area contributed by atoms with Crippen molar-refractivity contribution in [2.24, 2.45) is 4.99 Å². The summed E-state index contributed by atoms with van der Waals surface area (Å²) in [4.78, 5) is 31.3. The topological polar surface area (TPSA) is 109 Å². The molecule has 0 bridgehead atoms. The van der Waals surface area contributed by atoms with Crippen molar-refractivity contribution in [3.63, 3.8) is 0 Å². The molecule has 9 heteroatoms. The van der Waals surface area contributed by atoms with Crippen molar-refractivity contribution in [2.75, 3.05) is 13.7 Å². The number of aromatic amines is 1. The number of fused-ring (bicyclic) bond motifs is 1. The van der Waals surface area contributed by atoms with Crippen molar-refractivity contribution in [1.29, 1.82) is 0 Å². The highest BCUT2D eigenvalue weighted by Crippen LogP contribution is 2.26. The number of nitrogens with one attached hydrogen (secondary N) is 2. The van der Waals surface area contributed by atoms with Gasteiger partial charge in [0.15, 0.2) is 4.77 Å². The quantitative estimate of drug-likeness (QED) is 0.486. The van der Waals surface area contributed by atoms with Crippen LogP contribution in [0, 0.1) is 4.77 Å². The highest BCUT2D eigenvalue weighted by molar-refractivity contribution is 7.71. The van der Waals surface area contributed by atoms with Crippen LogP contribution in [0.1, 0.15) is 18.9 Å². The molecule has 1 amide bonds. The molecule has 3 N–H and O–H groups in total. The lowest BCUT2D eigenvalue weighted by Crippen LogP contribution is -2.25. The number of aromatic hydroxyl groups is 1. The van der Waals surface area contributed by atoms with Gasteiger partial charge in [0.05, 0.1) is 23.9 Å². The molecule has 8 nitrogen and oxygen atoms in total. The maximum Gasteiger partial charge on any atom is 0.262 e. The second-order valence-electron chi connectivity index (χ2n) is 7.40. The zero-order chi connectivity index (χ0) is 23.5. The number of hydrogen-bond acceptors (Lipinski definition) is 6. The molecule has 1 aliphatic rings. The van der Waals surface area contributed by atoms with Crippen LogP contribution >= 0.6 is 12.2 Å². The second kappa shape index (κ2) is 9.25. The molecule has 0 fully saturated rings. The third-order valence-electron chi connectivity index (χ3n) is 5.26. The van der Waals surface area contributed by atoms with E-state index < -0.39 is 5.56 Å². The zero-order valence-corrected chi connectivity index (χ0v) is 18.9. The van der Waals surface area contributed by atoms with Crippen LogP contribution in [0.25, 0.3) is 17.3 Å². The summed E-state index contributed by atoms with van der Waals surface area (Å²) in [5, 5.41) is 15.5. The van der Waals surface area contributed by atoms with E-state index in [0.717, 1.165) is 16.1 Å². The highest BCUT2D eigenvalue weighted by Gasteiger charge is 2.18. The number of H-pyrrole nitrogens is 1. The summed E-state index contributed by atoms with van der Waals surface area (Å²) < 4.78 is 6.62. The molecule has 0 spiro atoms. The summed E-state index contributed by atoms with van der Waals surface area (Å²) in [6.45, 7) is 1.88. The Hall–Kier alpha value is -3.98. The number of rotatable bonds is 6. The lowest BCUT2D eigenvalue weighted by atomic mass is 10.1. The number of para-hydroxylation sites is 1. The van der Waals surface area contributed by atoms with Crippen molar-refractivity contribution in [2.45, 2.75) is 13.3 Å². The third kappa shape index (κ3) is 4.49. The number of ether oxygens (including phenoxy) is 1. The molecule has 0 atom stereocenters. The number of amides is 1. The summed E-state index contributed by atoms with van der Waals surface area (Å²) in [6.07, 6.45) is 2.06. The molecule has 1 aromatic heterocycles. The molecule has 0 radical (unpaired) electrons. The van der Waals surface area contributed by atoms with Gasteiger partial charge in [-0.1, -0.05) is 18.2 Å². The van der Waals surface area contributed by atoms with Crippen molar-refractivity contribution in [3.8, 4) is 17.3 Å². The summed E-state index contributed by atoms with van der Waals surface area (Å²) in [5.41, 5.74) is 1.48. The molecule has 0 saturated carbocycles. The van der Waals surface area contributed by atoms with E-state index in [2.05, 4.69) is 15.3 Å². The van der Waals surface area contributed by atoms with E-state index in [1.165, 1.54) is 11.5 Å². The van der Waals surface area contributed by atoms with Gasteiger partial charge < -0.3 is 15.2 Å². The molecule has 0 unspecified atom stereocenters. The molecule has 1 aliphatic heterocycles. The molecule has 0 aliphatic carbocycles. The van der Waals surface area contributed by atoms with Crippen LogP contribution in [-0.2, 0) is 4.79 Å². The molecule has 0 saturated heterocycles. The first-order valence-electron chi connectivity index (χ1n) is 10.2. The van der Waals surface area contributed by atoms with E-state index in [0.29, 0.717) is 30.1 Å². The Morgan fingerprint density at radius 1 is 1.24 bits per heavy atom. The van der Waals surface area contributed by atoms with E-state index in [-0.39, 0.29) is 22.1 Å². The molecule has 4 rings (SSSR count). The lowest BCUT2D eigenvalue weighted by molar-refractivity contribution is -0.118. The number of carbonyl (C=O) groups excluding carboxylic acids is 1. The molecule has 33 heavy (non-hydrogen) atoms. The van der Waals surface area contributed by atoms with Gasteiger partial charge in [0.1, 0.15) is 11.3 Å². The van der Waals surface area contributed by atoms with Gasteiger partial charge in [-0.2, -0.15) is 0 Å². The van der Waals surface area contributed by atoms with E-state index in [4.69, 9.17) is 17.0 Å². The number of allylic oxidation sites excluding steroid dienone is 1. The summed E-state index contributed by atoms with van der Waals surface area (Å²) in [7, 11) is 1.56. The first kappa shape index (κ1) is 22.2. The van der Waals surface area contributed by atoms with Gasteiger partial charge in [0, 0.05) is 18.7 Å². The SMILES string of the molecule is COc1ccc(-n2c(O)c(C=C3N=c4ccccc4=C3CCNC(C)=O)c(=O)[nH]c2=S)cc1. The van der Waals surface area contributed by atoms with Crippen molar-refractivity contribution >= 4 is 29.8 Å². The predicted molar refractivity (Wildman–Crippen MR) is 127 cm³/mol. The Balaban J connectivity index is 1.84. The summed E-state index contributed by atoms with van der Waals surface area (Å²) in [5.74, 6) is 0.228. The Kier molecular flexibility index (Phi) is 6.23. The monoisotopic (exact) mass is 462 g/mol. The molecular weight excluding hydrogens is 440 g/mol. The number of hydrogen-bond donors (Lipinski definition) is 3. The molecular formula is C24H22N4O4S. The number of benzene rings is 2.